The highest BCUT2D eigenvalue weighted by Gasteiger charge is 2.32. The molecule has 146 valence electrons. The van der Waals surface area contributed by atoms with Crippen LogP contribution >= 0.6 is 0 Å². The fourth-order valence-electron chi connectivity index (χ4n) is 4.07. The molecule has 1 aromatic carbocycles. The second-order valence-electron chi connectivity index (χ2n) is 8.08. The maximum atomic E-state index is 4.90. The molecule has 0 atom stereocenters. The summed E-state index contributed by atoms with van der Waals surface area (Å²) in [5.74, 6) is 1.81. The van der Waals surface area contributed by atoms with Gasteiger partial charge in [0.25, 0.3) is 0 Å². The van der Waals surface area contributed by atoms with Gasteiger partial charge in [-0.25, -0.2) is 14.5 Å². The number of rotatable bonds is 4. The van der Waals surface area contributed by atoms with Crippen molar-refractivity contribution in [2.24, 2.45) is 0 Å². The molecule has 0 amide bonds. The van der Waals surface area contributed by atoms with Crippen molar-refractivity contribution in [3.8, 4) is 11.3 Å². The molecule has 4 aromatic rings. The van der Waals surface area contributed by atoms with E-state index in [0.717, 1.165) is 40.8 Å². The average molecular weight is 384 g/mol. The second kappa shape index (κ2) is 6.88. The highest BCUT2D eigenvalue weighted by Crippen LogP contribution is 2.33. The molecule has 5 rings (SSSR count). The van der Waals surface area contributed by atoms with Gasteiger partial charge in [-0.1, -0.05) is 36.4 Å². The van der Waals surface area contributed by atoms with Crippen LogP contribution < -0.4 is 10.2 Å². The van der Waals surface area contributed by atoms with E-state index in [1.54, 1.807) is 10.7 Å². The molecule has 1 aliphatic rings. The van der Waals surface area contributed by atoms with Gasteiger partial charge in [-0.05, 0) is 44.9 Å². The van der Waals surface area contributed by atoms with Crippen LogP contribution in [0.15, 0.2) is 67.0 Å². The first-order valence-electron chi connectivity index (χ1n) is 10.0. The lowest BCUT2D eigenvalue weighted by atomic mass is 10.0. The van der Waals surface area contributed by atoms with E-state index in [0.29, 0.717) is 0 Å². The second-order valence-corrected chi connectivity index (χ2v) is 8.08. The van der Waals surface area contributed by atoms with E-state index in [9.17, 15) is 0 Å². The first kappa shape index (κ1) is 17.7. The molecule has 1 fully saturated rings. The predicted octanol–water partition coefficient (Wildman–Crippen LogP) is 4.91. The smallest absolute Gasteiger partial charge is 0.177 e. The summed E-state index contributed by atoms with van der Waals surface area (Å²) in [6.45, 7) is 5.61. The van der Waals surface area contributed by atoms with Crippen molar-refractivity contribution in [3.05, 3.63) is 67.0 Å². The van der Waals surface area contributed by atoms with Crippen LogP contribution in [0, 0.1) is 0 Å². The third-order valence-corrected chi connectivity index (χ3v) is 5.60. The first-order valence-corrected chi connectivity index (χ1v) is 10.0. The molecule has 1 N–H and O–H groups in total. The fourth-order valence-corrected chi connectivity index (χ4v) is 4.07. The number of nitrogens with one attached hydrogen (secondary N) is 1. The van der Waals surface area contributed by atoms with Gasteiger partial charge in [0.15, 0.2) is 5.65 Å². The lowest BCUT2D eigenvalue weighted by Crippen LogP contribution is -2.38. The van der Waals surface area contributed by atoms with Gasteiger partial charge in [0.2, 0.25) is 0 Å². The zero-order chi connectivity index (χ0) is 19.8. The first-order chi connectivity index (χ1) is 14.1. The molecule has 0 saturated carbocycles. The maximum Gasteiger partial charge on any atom is 0.177 e. The average Bonchev–Trinajstić information content (AvgIpc) is 3.34. The van der Waals surface area contributed by atoms with Crippen LogP contribution in [0.2, 0.25) is 0 Å². The summed E-state index contributed by atoms with van der Waals surface area (Å²) >= 11 is 0. The molecule has 0 radical (unpaired) electrons. The Morgan fingerprint density at radius 1 is 1.03 bits per heavy atom. The van der Waals surface area contributed by atoms with Gasteiger partial charge in [-0.15, -0.1) is 0 Å². The summed E-state index contributed by atoms with van der Waals surface area (Å²) in [7, 11) is 0. The number of aromatic nitrogens is 4. The van der Waals surface area contributed by atoms with E-state index in [4.69, 9.17) is 10.1 Å². The third kappa shape index (κ3) is 3.31. The fraction of sp³-hybridized carbons (Fsp3) is 0.261. The molecule has 0 spiro atoms. The van der Waals surface area contributed by atoms with Crippen LogP contribution in [0.25, 0.3) is 16.9 Å². The molecular formula is C23H24N6. The van der Waals surface area contributed by atoms with Crippen molar-refractivity contribution < 1.29 is 0 Å². The largest absolute Gasteiger partial charge is 0.351 e. The number of nitrogens with zero attached hydrogens (tertiary/aromatic N) is 5. The summed E-state index contributed by atoms with van der Waals surface area (Å²) in [5, 5.41) is 8.17. The van der Waals surface area contributed by atoms with Crippen molar-refractivity contribution >= 4 is 23.0 Å². The molecular weight excluding hydrogens is 360 g/mol. The van der Waals surface area contributed by atoms with Crippen LogP contribution in [0.1, 0.15) is 26.7 Å². The van der Waals surface area contributed by atoms with Gasteiger partial charge in [-0.3, -0.25) is 0 Å². The number of pyridine rings is 1. The summed E-state index contributed by atoms with van der Waals surface area (Å²) in [6.07, 6.45) is 6.01. The number of imidazole rings is 1. The molecule has 0 unspecified atom stereocenters. The van der Waals surface area contributed by atoms with Gasteiger partial charge in [0.05, 0.1) is 11.4 Å². The molecule has 29 heavy (non-hydrogen) atoms. The topological polar surface area (TPSA) is 58.4 Å². The van der Waals surface area contributed by atoms with Gasteiger partial charge in [-0.2, -0.15) is 5.10 Å². The number of fused-ring (bicyclic) bond motifs is 1. The van der Waals surface area contributed by atoms with Gasteiger partial charge >= 0.3 is 0 Å². The minimum atomic E-state index is 0.138. The van der Waals surface area contributed by atoms with Crippen molar-refractivity contribution in [1.82, 2.24) is 19.6 Å². The Kier molecular flexibility index (Phi) is 4.19. The Morgan fingerprint density at radius 2 is 1.90 bits per heavy atom. The Hall–Kier alpha value is -3.41. The van der Waals surface area contributed by atoms with Crippen LogP contribution in [-0.2, 0) is 0 Å². The molecule has 3 aromatic heterocycles. The molecule has 1 saturated heterocycles. The van der Waals surface area contributed by atoms with Gasteiger partial charge in [0, 0.05) is 30.0 Å². The van der Waals surface area contributed by atoms with E-state index in [1.165, 1.54) is 12.8 Å². The predicted molar refractivity (Wildman–Crippen MR) is 117 cm³/mol. The standard InChI is InChI=1S/C23H24N6/c1-23(2)12-7-14-28(23)21-11-6-10-20(26-21)25-19-16-18(17-8-4-3-5-9-17)27-29-15-13-24-22(19)29/h3-6,8-11,13,15-16H,7,12,14H2,1-2H3,(H,25,26). The van der Waals surface area contributed by atoms with Crippen LogP contribution in [0.5, 0.6) is 0 Å². The molecule has 0 aliphatic carbocycles. The molecule has 0 bridgehead atoms. The molecule has 1 aliphatic heterocycles. The van der Waals surface area contributed by atoms with E-state index < -0.39 is 0 Å². The minimum absolute atomic E-state index is 0.138. The number of hydrogen-bond acceptors (Lipinski definition) is 5. The van der Waals surface area contributed by atoms with Crippen molar-refractivity contribution in [2.75, 3.05) is 16.8 Å². The van der Waals surface area contributed by atoms with Crippen molar-refractivity contribution in [3.63, 3.8) is 0 Å². The minimum Gasteiger partial charge on any atom is -0.351 e. The maximum absolute atomic E-state index is 4.90. The normalized spacial score (nSPS) is 15.7. The lowest BCUT2D eigenvalue weighted by molar-refractivity contribution is 0.514. The zero-order valence-electron chi connectivity index (χ0n) is 16.7. The third-order valence-electron chi connectivity index (χ3n) is 5.60. The Labute approximate surface area is 170 Å². The van der Waals surface area contributed by atoms with Crippen molar-refractivity contribution in [2.45, 2.75) is 32.2 Å². The molecule has 6 heteroatoms. The number of anilines is 3. The van der Waals surface area contributed by atoms with E-state index in [2.05, 4.69) is 53.3 Å². The highest BCUT2D eigenvalue weighted by atomic mass is 15.3. The zero-order valence-corrected chi connectivity index (χ0v) is 16.7. The monoisotopic (exact) mass is 384 g/mol. The van der Waals surface area contributed by atoms with Crippen molar-refractivity contribution in [1.29, 1.82) is 0 Å². The summed E-state index contributed by atoms with van der Waals surface area (Å²) in [4.78, 5) is 11.8. The molecule has 6 nitrogen and oxygen atoms in total. The molecule has 4 heterocycles. The van der Waals surface area contributed by atoms with E-state index >= 15 is 0 Å². The Morgan fingerprint density at radius 3 is 2.69 bits per heavy atom. The van der Waals surface area contributed by atoms with E-state index in [-0.39, 0.29) is 5.54 Å². The lowest BCUT2D eigenvalue weighted by Gasteiger charge is -2.32. The quantitative estimate of drug-likeness (QED) is 0.541. The van der Waals surface area contributed by atoms with Gasteiger partial charge < -0.3 is 10.2 Å². The summed E-state index contributed by atoms with van der Waals surface area (Å²) in [6, 6.07) is 18.3. The Bertz CT molecular complexity index is 1150. The highest BCUT2D eigenvalue weighted by molar-refractivity contribution is 5.77. The van der Waals surface area contributed by atoms with Gasteiger partial charge in [0.1, 0.15) is 11.6 Å². The number of benzene rings is 1. The van der Waals surface area contributed by atoms with Crippen LogP contribution in [-0.4, -0.2) is 31.7 Å². The summed E-state index contributed by atoms with van der Waals surface area (Å²) < 4.78 is 1.80. The Balaban J connectivity index is 1.52. The van der Waals surface area contributed by atoms with Crippen LogP contribution in [0.3, 0.4) is 0 Å². The SMILES string of the molecule is CC1(C)CCCN1c1cccc(Nc2cc(-c3ccccc3)nn3ccnc23)n1. The number of hydrogen-bond donors (Lipinski definition) is 1. The van der Waals surface area contributed by atoms with E-state index in [1.807, 2.05) is 36.5 Å². The van der Waals surface area contributed by atoms with Crippen LogP contribution in [0.4, 0.5) is 17.3 Å². The summed E-state index contributed by atoms with van der Waals surface area (Å²) in [5.41, 5.74) is 3.74.